The SMILES string of the molecule is Cc1c(N(C)S(=O)(=O)c2cc(C(=O)OCC(=O)NCCCc3ccccc3)ccc2Cl)c(=O)n(-c2ccccc2)n1C. The van der Waals surface area contributed by atoms with Gasteiger partial charge in [0, 0.05) is 20.6 Å². The lowest BCUT2D eigenvalue weighted by molar-refractivity contribution is -0.124. The number of rotatable bonds is 11. The van der Waals surface area contributed by atoms with Crippen molar-refractivity contribution in [3.63, 3.8) is 0 Å². The van der Waals surface area contributed by atoms with E-state index in [2.05, 4.69) is 5.32 Å². The summed E-state index contributed by atoms with van der Waals surface area (Å²) in [5, 5.41) is 2.55. The number of aryl methyl sites for hydroxylation is 1. The van der Waals surface area contributed by atoms with Crippen molar-refractivity contribution in [3.8, 4) is 5.69 Å². The lowest BCUT2D eigenvalue weighted by atomic mass is 10.1. The molecule has 0 fully saturated rings. The molecule has 0 radical (unpaired) electrons. The van der Waals surface area contributed by atoms with Gasteiger partial charge in [0.2, 0.25) is 0 Å². The second kappa shape index (κ2) is 13.1. The molecule has 12 heteroatoms. The third-order valence-electron chi connectivity index (χ3n) is 6.79. The highest BCUT2D eigenvalue weighted by atomic mass is 35.5. The van der Waals surface area contributed by atoms with Gasteiger partial charge in [-0.15, -0.1) is 0 Å². The maximum absolute atomic E-state index is 13.7. The van der Waals surface area contributed by atoms with Crippen LogP contribution in [0.2, 0.25) is 5.02 Å². The van der Waals surface area contributed by atoms with Gasteiger partial charge < -0.3 is 10.1 Å². The van der Waals surface area contributed by atoms with Crippen LogP contribution in [-0.4, -0.2) is 49.9 Å². The van der Waals surface area contributed by atoms with Gasteiger partial charge >= 0.3 is 5.97 Å². The normalized spacial score (nSPS) is 11.2. The summed E-state index contributed by atoms with van der Waals surface area (Å²) in [4.78, 5) is 37.9. The zero-order valence-corrected chi connectivity index (χ0v) is 25.0. The first-order chi connectivity index (χ1) is 20.0. The lowest BCUT2D eigenvalue weighted by Gasteiger charge is -2.19. The monoisotopic (exact) mass is 610 g/mol. The van der Waals surface area contributed by atoms with Crippen molar-refractivity contribution >= 4 is 39.2 Å². The van der Waals surface area contributed by atoms with Gasteiger partial charge in [-0.2, -0.15) is 0 Å². The maximum Gasteiger partial charge on any atom is 0.338 e. The van der Waals surface area contributed by atoms with E-state index in [0.717, 1.165) is 22.4 Å². The van der Waals surface area contributed by atoms with Crippen LogP contribution in [0.1, 0.15) is 28.0 Å². The Balaban J connectivity index is 1.46. The van der Waals surface area contributed by atoms with Gasteiger partial charge in [-0.25, -0.2) is 17.9 Å². The molecular formula is C30H31ClN4O6S. The number of esters is 1. The zero-order chi connectivity index (χ0) is 30.4. The first-order valence-corrected chi connectivity index (χ1v) is 14.9. The number of anilines is 1. The minimum atomic E-state index is -4.39. The Bertz CT molecular complexity index is 1750. The molecule has 0 bridgehead atoms. The molecule has 0 aliphatic heterocycles. The van der Waals surface area contributed by atoms with E-state index in [0.29, 0.717) is 24.3 Å². The molecule has 0 aliphatic carbocycles. The summed E-state index contributed by atoms with van der Waals surface area (Å²) in [5.41, 5.74) is 1.38. The van der Waals surface area contributed by atoms with Crippen LogP contribution < -0.4 is 15.2 Å². The van der Waals surface area contributed by atoms with Gasteiger partial charge in [0.25, 0.3) is 21.5 Å². The Hall–Kier alpha value is -4.35. The number of para-hydroxylation sites is 1. The fraction of sp³-hybridized carbons (Fsp3) is 0.233. The van der Waals surface area contributed by atoms with Gasteiger partial charge in [0.15, 0.2) is 6.61 Å². The largest absolute Gasteiger partial charge is 0.452 e. The highest BCUT2D eigenvalue weighted by molar-refractivity contribution is 7.93. The van der Waals surface area contributed by atoms with Crippen LogP contribution >= 0.6 is 11.6 Å². The quantitative estimate of drug-likeness (QED) is 0.203. The Morgan fingerprint density at radius 1 is 1.00 bits per heavy atom. The number of amides is 1. The zero-order valence-electron chi connectivity index (χ0n) is 23.4. The molecule has 4 aromatic rings. The van der Waals surface area contributed by atoms with E-state index in [1.54, 1.807) is 42.9 Å². The van der Waals surface area contributed by atoms with Crippen molar-refractivity contribution in [2.24, 2.45) is 7.05 Å². The summed E-state index contributed by atoms with van der Waals surface area (Å²) in [6, 6.07) is 22.3. The van der Waals surface area contributed by atoms with E-state index < -0.39 is 34.1 Å². The number of nitrogens with one attached hydrogen (secondary N) is 1. The summed E-state index contributed by atoms with van der Waals surface area (Å²) in [5.74, 6) is -1.38. The average Bonchev–Trinajstić information content (AvgIpc) is 3.21. The summed E-state index contributed by atoms with van der Waals surface area (Å²) >= 11 is 6.26. The Labute approximate surface area is 249 Å². The molecule has 1 heterocycles. The molecule has 0 spiro atoms. The first kappa shape index (κ1) is 30.6. The molecule has 0 saturated heterocycles. The van der Waals surface area contributed by atoms with Crippen molar-refractivity contribution in [3.05, 3.63) is 111 Å². The molecule has 42 heavy (non-hydrogen) atoms. The molecular weight excluding hydrogens is 580 g/mol. The van der Waals surface area contributed by atoms with E-state index in [1.807, 2.05) is 36.4 Å². The molecule has 0 saturated carbocycles. The molecule has 1 aromatic heterocycles. The second-order valence-electron chi connectivity index (χ2n) is 9.54. The Morgan fingerprint density at radius 2 is 1.64 bits per heavy atom. The second-order valence-corrected chi connectivity index (χ2v) is 11.9. The first-order valence-electron chi connectivity index (χ1n) is 13.1. The summed E-state index contributed by atoms with van der Waals surface area (Å²) < 4.78 is 36.2. The summed E-state index contributed by atoms with van der Waals surface area (Å²) in [6.07, 6.45) is 1.51. The predicted molar refractivity (Wildman–Crippen MR) is 161 cm³/mol. The van der Waals surface area contributed by atoms with Gasteiger partial charge in [-0.3, -0.25) is 18.6 Å². The van der Waals surface area contributed by atoms with Crippen molar-refractivity contribution in [1.29, 1.82) is 0 Å². The number of ether oxygens (including phenoxy) is 1. The van der Waals surface area contributed by atoms with E-state index in [-0.39, 0.29) is 21.2 Å². The number of halogens is 1. The molecule has 0 unspecified atom stereocenters. The van der Waals surface area contributed by atoms with Gasteiger partial charge in [-0.1, -0.05) is 60.1 Å². The molecule has 4 rings (SSSR count). The number of hydrogen-bond donors (Lipinski definition) is 1. The fourth-order valence-corrected chi connectivity index (χ4v) is 6.19. The number of aromatic nitrogens is 2. The van der Waals surface area contributed by atoms with Gasteiger partial charge in [0.1, 0.15) is 10.6 Å². The van der Waals surface area contributed by atoms with Crippen LogP contribution in [0.15, 0.2) is 88.6 Å². The van der Waals surface area contributed by atoms with E-state index >= 15 is 0 Å². The van der Waals surface area contributed by atoms with E-state index in [1.165, 1.54) is 23.9 Å². The minimum Gasteiger partial charge on any atom is -0.452 e. The lowest BCUT2D eigenvalue weighted by Crippen LogP contribution is -2.32. The molecule has 3 aromatic carbocycles. The Morgan fingerprint density at radius 3 is 2.31 bits per heavy atom. The topological polar surface area (TPSA) is 120 Å². The van der Waals surface area contributed by atoms with Crippen molar-refractivity contribution < 1.29 is 22.7 Å². The third kappa shape index (κ3) is 6.58. The van der Waals surface area contributed by atoms with Crippen LogP contribution in [-0.2, 0) is 33.0 Å². The number of sulfonamides is 1. The van der Waals surface area contributed by atoms with E-state index in [9.17, 15) is 22.8 Å². The molecule has 0 atom stereocenters. The van der Waals surface area contributed by atoms with E-state index in [4.69, 9.17) is 16.3 Å². The van der Waals surface area contributed by atoms with Crippen LogP contribution in [0.25, 0.3) is 5.69 Å². The molecule has 220 valence electrons. The van der Waals surface area contributed by atoms with Crippen LogP contribution in [0.3, 0.4) is 0 Å². The highest BCUT2D eigenvalue weighted by Gasteiger charge is 2.31. The van der Waals surface area contributed by atoms with Gasteiger partial charge in [-0.05, 0) is 55.7 Å². The maximum atomic E-state index is 13.7. The van der Waals surface area contributed by atoms with Crippen molar-refractivity contribution in [2.75, 3.05) is 24.5 Å². The van der Waals surface area contributed by atoms with Crippen molar-refractivity contribution in [1.82, 2.24) is 14.7 Å². The average molecular weight is 611 g/mol. The van der Waals surface area contributed by atoms with Crippen molar-refractivity contribution in [2.45, 2.75) is 24.7 Å². The number of benzene rings is 3. The van der Waals surface area contributed by atoms with Crippen LogP contribution in [0.5, 0.6) is 0 Å². The minimum absolute atomic E-state index is 0.0747. The van der Waals surface area contributed by atoms with Crippen LogP contribution in [0, 0.1) is 6.92 Å². The number of carbonyl (C=O) groups is 2. The Kier molecular flexibility index (Phi) is 9.54. The number of carbonyl (C=O) groups excluding carboxylic acids is 2. The number of nitrogens with zero attached hydrogens (tertiary/aromatic N) is 3. The van der Waals surface area contributed by atoms with Gasteiger partial charge in [0.05, 0.1) is 22.0 Å². The number of hydrogen-bond acceptors (Lipinski definition) is 6. The highest BCUT2D eigenvalue weighted by Crippen LogP contribution is 2.29. The molecule has 1 N–H and O–H groups in total. The smallest absolute Gasteiger partial charge is 0.338 e. The standard InChI is InChI=1S/C30H31ClN4O6S/c1-21-28(29(37)35(33(21)2)24-14-8-5-9-15-24)34(3)42(39,40)26-19-23(16-17-25(26)31)30(38)41-20-27(36)32-18-10-13-22-11-6-4-7-12-22/h4-9,11-12,14-17,19H,10,13,18,20H2,1-3H3,(H,32,36). The molecule has 1 amide bonds. The predicted octanol–water partition coefficient (Wildman–Crippen LogP) is 3.87. The molecule has 0 aliphatic rings. The summed E-state index contributed by atoms with van der Waals surface area (Å²) in [6.45, 7) is 1.51. The molecule has 10 nitrogen and oxygen atoms in total. The fourth-order valence-electron chi connectivity index (χ4n) is 4.44. The third-order valence-corrected chi connectivity index (χ3v) is 9.02. The summed E-state index contributed by atoms with van der Waals surface area (Å²) in [7, 11) is -1.49. The van der Waals surface area contributed by atoms with Crippen LogP contribution in [0.4, 0.5) is 5.69 Å².